The first kappa shape index (κ1) is 22.0. The van der Waals surface area contributed by atoms with E-state index in [9.17, 15) is 4.79 Å². The first-order valence-corrected chi connectivity index (χ1v) is 11.3. The Balaban J connectivity index is 1.44. The molecule has 0 saturated carbocycles. The molecule has 170 valence electrons. The van der Waals surface area contributed by atoms with Crippen molar-refractivity contribution in [3.63, 3.8) is 0 Å². The van der Waals surface area contributed by atoms with Crippen LogP contribution in [0.3, 0.4) is 0 Å². The number of anilines is 2. The molecule has 0 aliphatic heterocycles. The molecule has 0 atom stereocenters. The molecule has 0 saturated heterocycles. The predicted octanol–water partition coefficient (Wildman–Crippen LogP) is 6.11. The van der Waals surface area contributed by atoms with Gasteiger partial charge >= 0.3 is 0 Å². The molecule has 0 aliphatic carbocycles. The Labute approximate surface area is 203 Å². The number of hydrazone groups is 1. The number of benzene rings is 4. The van der Waals surface area contributed by atoms with E-state index >= 15 is 0 Å². The van der Waals surface area contributed by atoms with Crippen molar-refractivity contribution in [3.05, 3.63) is 120 Å². The van der Waals surface area contributed by atoms with Crippen LogP contribution in [0.5, 0.6) is 0 Å². The first-order valence-electron chi connectivity index (χ1n) is 11.3. The lowest BCUT2D eigenvalue weighted by molar-refractivity contribution is 0.0956. The van der Waals surface area contributed by atoms with Crippen molar-refractivity contribution in [1.29, 1.82) is 0 Å². The maximum Gasteiger partial charge on any atom is 0.273 e. The summed E-state index contributed by atoms with van der Waals surface area (Å²) in [5, 5.41) is 8.34. The maximum atomic E-state index is 13.0. The Bertz CT molecular complexity index is 1510. The molecule has 1 amide bonds. The number of rotatable bonds is 6. The van der Waals surface area contributed by atoms with Gasteiger partial charge < -0.3 is 5.32 Å². The van der Waals surface area contributed by atoms with E-state index in [-0.39, 0.29) is 5.91 Å². The normalized spacial score (nSPS) is 11.0. The second kappa shape index (κ2) is 9.97. The fourth-order valence-corrected chi connectivity index (χ4v) is 3.68. The molecule has 0 spiro atoms. The van der Waals surface area contributed by atoms with Crippen LogP contribution in [-0.4, -0.2) is 22.1 Å². The minimum atomic E-state index is -0.321. The third-order valence-electron chi connectivity index (χ3n) is 5.52. The lowest BCUT2D eigenvalue weighted by Gasteiger charge is -2.13. The highest BCUT2D eigenvalue weighted by molar-refractivity contribution is 6.02. The molecular weight excluding hydrogens is 434 g/mol. The van der Waals surface area contributed by atoms with Crippen LogP contribution in [0.15, 0.2) is 108 Å². The number of aryl methyl sites for hydroxylation is 1. The van der Waals surface area contributed by atoms with Crippen LogP contribution in [-0.2, 0) is 0 Å². The van der Waals surface area contributed by atoms with E-state index in [1.54, 1.807) is 12.3 Å². The van der Waals surface area contributed by atoms with Crippen molar-refractivity contribution < 1.29 is 4.79 Å². The number of nitrogens with one attached hydrogen (secondary N) is 2. The molecule has 6 heteroatoms. The molecule has 0 bridgehead atoms. The highest BCUT2D eigenvalue weighted by atomic mass is 16.2. The zero-order valence-electron chi connectivity index (χ0n) is 19.1. The van der Waals surface area contributed by atoms with E-state index < -0.39 is 0 Å². The molecule has 1 heterocycles. The standard InChI is InChI=1S/C29H23N5O/c1-20-15-17-21(18-16-20)19-30-34-29(35)24-12-6-8-14-26(24)32-28-23-11-5-7-13-25(23)31-27(33-28)22-9-3-2-4-10-22/h2-19H,1H3,(H,34,35)(H,31,32,33)/b30-19+. The Morgan fingerprint density at radius 3 is 2.34 bits per heavy atom. The molecule has 6 nitrogen and oxygen atoms in total. The Hall–Kier alpha value is -4.84. The molecule has 0 fully saturated rings. The first-order chi connectivity index (χ1) is 17.2. The number of nitrogens with zero attached hydrogens (tertiary/aromatic N) is 3. The number of fused-ring (bicyclic) bond motifs is 1. The van der Waals surface area contributed by atoms with E-state index in [2.05, 4.69) is 15.8 Å². The quantitative estimate of drug-likeness (QED) is 0.238. The summed E-state index contributed by atoms with van der Waals surface area (Å²) in [6.07, 6.45) is 1.62. The SMILES string of the molecule is Cc1ccc(/C=N/NC(=O)c2ccccc2Nc2nc(-c3ccccc3)nc3ccccc23)cc1. The summed E-state index contributed by atoms with van der Waals surface area (Å²) in [4.78, 5) is 22.5. The molecule has 1 aromatic heterocycles. The number of carbonyl (C=O) groups is 1. The van der Waals surface area contributed by atoms with Crippen LogP contribution in [0.2, 0.25) is 0 Å². The van der Waals surface area contributed by atoms with E-state index in [1.807, 2.05) is 104 Å². The van der Waals surface area contributed by atoms with Gasteiger partial charge in [0.05, 0.1) is 23.0 Å². The Morgan fingerprint density at radius 1 is 0.800 bits per heavy atom. The van der Waals surface area contributed by atoms with Gasteiger partial charge in [0.2, 0.25) is 0 Å². The van der Waals surface area contributed by atoms with Gasteiger partial charge in [-0.25, -0.2) is 15.4 Å². The van der Waals surface area contributed by atoms with Gasteiger partial charge in [-0.15, -0.1) is 0 Å². The number of hydrogen-bond donors (Lipinski definition) is 2. The average Bonchev–Trinajstić information content (AvgIpc) is 2.90. The second-order valence-electron chi connectivity index (χ2n) is 8.06. The van der Waals surface area contributed by atoms with Gasteiger partial charge in [-0.3, -0.25) is 4.79 Å². The van der Waals surface area contributed by atoms with Crippen molar-refractivity contribution in [1.82, 2.24) is 15.4 Å². The molecule has 5 rings (SSSR count). The van der Waals surface area contributed by atoms with Crippen LogP contribution in [0.1, 0.15) is 21.5 Å². The molecule has 0 radical (unpaired) electrons. The fourth-order valence-electron chi connectivity index (χ4n) is 3.68. The number of para-hydroxylation sites is 2. The number of hydrogen-bond acceptors (Lipinski definition) is 5. The molecule has 0 unspecified atom stereocenters. The Morgan fingerprint density at radius 2 is 1.51 bits per heavy atom. The largest absolute Gasteiger partial charge is 0.339 e. The third-order valence-corrected chi connectivity index (χ3v) is 5.52. The number of carbonyl (C=O) groups excluding carboxylic acids is 1. The molecular formula is C29H23N5O. The minimum Gasteiger partial charge on any atom is -0.339 e. The van der Waals surface area contributed by atoms with E-state index in [1.165, 1.54) is 5.56 Å². The predicted molar refractivity (Wildman–Crippen MR) is 141 cm³/mol. The molecule has 4 aromatic carbocycles. The van der Waals surface area contributed by atoms with Crippen LogP contribution in [0.25, 0.3) is 22.3 Å². The van der Waals surface area contributed by atoms with Crippen molar-refractivity contribution >= 4 is 34.5 Å². The van der Waals surface area contributed by atoms with Gasteiger partial charge in [0.1, 0.15) is 5.82 Å². The summed E-state index contributed by atoms with van der Waals surface area (Å²) in [6.45, 7) is 2.02. The average molecular weight is 458 g/mol. The summed E-state index contributed by atoms with van der Waals surface area (Å²) in [6, 6.07) is 32.8. The fraction of sp³-hybridized carbons (Fsp3) is 0.0345. The van der Waals surface area contributed by atoms with Crippen LogP contribution in [0.4, 0.5) is 11.5 Å². The van der Waals surface area contributed by atoms with E-state index in [4.69, 9.17) is 9.97 Å². The van der Waals surface area contributed by atoms with Crippen LogP contribution in [0, 0.1) is 6.92 Å². The van der Waals surface area contributed by atoms with Gasteiger partial charge in [0, 0.05) is 10.9 Å². The molecule has 0 aliphatic rings. The summed E-state index contributed by atoms with van der Waals surface area (Å²) in [5.41, 5.74) is 7.50. The zero-order chi connectivity index (χ0) is 24.0. The third kappa shape index (κ3) is 5.07. The van der Waals surface area contributed by atoms with Crippen LogP contribution < -0.4 is 10.7 Å². The lowest BCUT2D eigenvalue weighted by atomic mass is 10.1. The van der Waals surface area contributed by atoms with Gasteiger partial charge in [-0.2, -0.15) is 5.10 Å². The van der Waals surface area contributed by atoms with Gasteiger partial charge in [0.15, 0.2) is 5.82 Å². The summed E-state index contributed by atoms with van der Waals surface area (Å²) >= 11 is 0. The summed E-state index contributed by atoms with van der Waals surface area (Å²) in [7, 11) is 0. The smallest absolute Gasteiger partial charge is 0.273 e. The van der Waals surface area contributed by atoms with Gasteiger partial charge in [-0.1, -0.05) is 84.4 Å². The van der Waals surface area contributed by atoms with Gasteiger partial charge in [-0.05, 0) is 36.8 Å². The maximum absolute atomic E-state index is 13.0. The second-order valence-corrected chi connectivity index (χ2v) is 8.06. The zero-order valence-corrected chi connectivity index (χ0v) is 19.1. The summed E-state index contributed by atoms with van der Waals surface area (Å²) in [5.74, 6) is 0.910. The number of aromatic nitrogens is 2. The molecule has 35 heavy (non-hydrogen) atoms. The van der Waals surface area contributed by atoms with Crippen molar-refractivity contribution in [2.45, 2.75) is 6.92 Å². The minimum absolute atomic E-state index is 0.321. The van der Waals surface area contributed by atoms with E-state index in [0.717, 1.165) is 22.0 Å². The van der Waals surface area contributed by atoms with Crippen molar-refractivity contribution in [3.8, 4) is 11.4 Å². The summed E-state index contributed by atoms with van der Waals surface area (Å²) < 4.78 is 0. The van der Waals surface area contributed by atoms with Crippen LogP contribution >= 0.6 is 0 Å². The highest BCUT2D eigenvalue weighted by Gasteiger charge is 2.14. The van der Waals surface area contributed by atoms with Crippen molar-refractivity contribution in [2.24, 2.45) is 5.10 Å². The van der Waals surface area contributed by atoms with E-state index in [0.29, 0.717) is 22.9 Å². The highest BCUT2D eigenvalue weighted by Crippen LogP contribution is 2.28. The monoisotopic (exact) mass is 457 g/mol. The number of amides is 1. The topological polar surface area (TPSA) is 79.3 Å². The molecule has 5 aromatic rings. The van der Waals surface area contributed by atoms with Gasteiger partial charge in [0.25, 0.3) is 5.91 Å². The lowest BCUT2D eigenvalue weighted by Crippen LogP contribution is -2.19. The van der Waals surface area contributed by atoms with Crippen molar-refractivity contribution in [2.75, 3.05) is 5.32 Å². The Kier molecular flexibility index (Phi) is 6.26. The molecule has 2 N–H and O–H groups in total.